The van der Waals surface area contributed by atoms with Crippen molar-refractivity contribution in [1.29, 1.82) is 0 Å². The number of carbonyl (C=O) groups excluding carboxylic acids is 2. The number of carbonyl (C=O) groups is 2. The number of halogens is 2. The normalized spacial score (nSPS) is 21.6. The van der Waals surface area contributed by atoms with Gasteiger partial charge in [0.1, 0.15) is 17.7 Å². The van der Waals surface area contributed by atoms with Gasteiger partial charge in [0.15, 0.2) is 0 Å². The molecule has 1 atom stereocenters. The van der Waals surface area contributed by atoms with E-state index in [1.54, 1.807) is 59.4 Å². The number of ether oxygens (including phenoxy) is 2. The van der Waals surface area contributed by atoms with Crippen LogP contribution in [0.4, 0.5) is 44.5 Å². The van der Waals surface area contributed by atoms with Gasteiger partial charge in [0.25, 0.3) is 0 Å². The van der Waals surface area contributed by atoms with Crippen LogP contribution in [0, 0.1) is 0 Å². The number of aromatic nitrogens is 4. The van der Waals surface area contributed by atoms with Gasteiger partial charge in [-0.1, -0.05) is 53.5 Å². The number of hydrogen-bond donors (Lipinski definition) is 4. The van der Waals surface area contributed by atoms with E-state index in [0.29, 0.717) is 76.8 Å². The number of aliphatic hydroxyl groups is 2. The first kappa shape index (κ1) is 44.9. The lowest BCUT2D eigenvalue weighted by molar-refractivity contribution is -0.0404. The summed E-state index contributed by atoms with van der Waals surface area (Å²) in [7, 11) is 3.42. The number of nitrogens with zero attached hydrogens (tertiary/aromatic N) is 8. The first-order valence-electron chi connectivity index (χ1n) is 21.0. The van der Waals surface area contributed by atoms with Crippen LogP contribution in [0.2, 0.25) is 10.0 Å². The van der Waals surface area contributed by atoms with Crippen molar-refractivity contribution in [3.63, 3.8) is 0 Å². The SMILES string of the molecule is C=CCOC1CCC(Nc2ncc3c(n2)N(C)C(=O)N(c2ccccc2Cl)C3)CC1.CN1C(=O)N(c2ccccc2Cl)Cc2cnc(NC3CCC(OC[C@@H](O)CO)CC3)nc21. The van der Waals surface area contributed by atoms with Gasteiger partial charge in [-0.3, -0.25) is 19.6 Å². The molecule has 2 aliphatic carbocycles. The van der Waals surface area contributed by atoms with Crippen LogP contribution in [0.3, 0.4) is 0 Å². The van der Waals surface area contributed by atoms with Gasteiger partial charge in [-0.15, -0.1) is 6.58 Å². The molecule has 18 heteroatoms. The molecule has 2 aromatic heterocycles. The van der Waals surface area contributed by atoms with Crippen molar-refractivity contribution in [1.82, 2.24) is 19.9 Å². The average molecular weight is 890 g/mol. The molecule has 4 aliphatic rings. The molecular weight excluding hydrogens is 835 g/mol. The van der Waals surface area contributed by atoms with E-state index in [9.17, 15) is 14.7 Å². The average Bonchev–Trinajstić information content (AvgIpc) is 3.29. The molecule has 0 unspecified atom stereocenters. The molecule has 8 rings (SSSR count). The monoisotopic (exact) mass is 888 g/mol. The highest BCUT2D eigenvalue weighted by molar-refractivity contribution is 6.34. The lowest BCUT2D eigenvalue weighted by Gasteiger charge is -2.34. The Balaban J connectivity index is 0.000000187. The number of urea groups is 2. The zero-order valence-electron chi connectivity index (χ0n) is 35.0. The van der Waals surface area contributed by atoms with Crippen molar-refractivity contribution < 1.29 is 29.3 Å². The standard InChI is InChI=1S/C22H28ClN5O4.C22H26ClN5O2/c1-27-20-14(11-28(22(27)31)19-5-3-2-4-18(19)23)10-24-21(26-20)25-15-6-8-17(9-7-15)32-13-16(30)12-29;1-3-12-30-17-10-8-16(9-11-17)25-21-24-13-15-14-28(19-7-5-4-6-18(19)23)22(29)27(2)20(15)26-21/h2-5,10,15-17,29-30H,6-9,11-13H2,1H3,(H,24,25,26);3-7,13,16-17H,1,8-12,14H2,2H3,(H,24,25,26)/t15?,16-,17?;/m0./s1. The predicted molar refractivity (Wildman–Crippen MR) is 241 cm³/mol. The molecule has 2 fully saturated rings. The Bertz CT molecular complexity index is 2190. The molecule has 330 valence electrons. The highest BCUT2D eigenvalue weighted by Crippen LogP contribution is 2.36. The molecule has 0 bridgehead atoms. The Morgan fingerprint density at radius 2 is 1.18 bits per heavy atom. The lowest BCUT2D eigenvalue weighted by Crippen LogP contribution is -2.46. The maximum absolute atomic E-state index is 13.0. The minimum atomic E-state index is -0.830. The minimum Gasteiger partial charge on any atom is -0.394 e. The summed E-state index contributed by atoms with van der Waals surface area (Å²) in [6, 6.07) is 14.7. The van der Waals surface area contributed by atoms with Crippen LogP contribution in [0.1, 0.15) is 62.5 Å². The van der Waals surface area contributed by atoms with E-state index in [1.807, 2.05) is 36.4 Å². The number of anilines is 6. The van der Waals surface area contributed by atoms with Gasteiger partial charge >= 0.3 is 12.1 Å². The number of benzene rings is 2. The summed E-state index contributed by atoms with van der Waals surface area (Å²) in [5.74, 6) is 2.26. The van der Waals surface area contributed by atoms with Crippen LogP contribution in [-0.2, 0) is 22.6 Å². The maximum Gasteiger partial charge on any atom is 0.330 e. The van der Waals surface area contributed by atoms with E-state index >= 15 is 0 Å². The van der Waals surface area contributed by atoms with Gasteiger partial charge in [-0.05, 0) is 75.6 Å². The van der Waals surface area contributed by atoms with E-state index in [2.05, 4.69) is 37.1 Å². The number of para-hydroxylation sites is 2. The fourth-order valence-corrected chi connectivity index (χ4v) is 8.57. The van der Waals surface area contributed by atoms with E-state index < -0.39 is 6.10 Å². The topological polar surface area (TPSA) is 182 Å². The van der Waals surface area contributed by atoms with Crippen LogP contribution >= 0.6 is 23.2 Å². The fourth-order valence-electron chi connectivity index (χ4n) is 8.09. The molecule has 0 spiro atoms. The highest BCUT2D eigenvalue weighted by Gasteiger charge is 2.34. The van der Waals surface area contributed by atoms with E-state index in [0.717, 1.165) is 62.5 Å². The van der Waals surface area contributed by atoms with Gasteiger partial charge in [-0.2, -0.15) is 9.97 Å². The molecule has 0 radical (unpaired) electrons. The molecule has 2 aromatic carbocycles. The van der Waals surface area contributed by atoms with Crippen LogP contribution in [0.15, 0.2) is 73.6 Å². The zero-order chi connectivity index (χ0) is 43.8. The summed E-state index contributed by atoms with van der Waals surface area (Å²) in [6.07, 6.45) is 12.3. The summed E-state index contributed by atoms with van der Waals surface area (Å²) >= 11 is 12.6. The van der Waals surface area contributed by atoms with Gasteiger partial charge in [0.05, 0.1) is 66.5 Å². The first-order chi connectivity index (χ1) is 30.0. The number of hydrogen-bond acceptors (Lipinski definition) is 12. The van der Waals surface area contributed by atoms with Gasteiger partial charge in [0, 0.05) is 49.7 Å². The molecule has 2 aliphatic heterocycles. The largest absolute Gasteiger partial charge is 0.394 e. The van der Waals surface area contributed by atoms with Crippen molar-refractivity contribution in [2.24, 2.45) is 0 Å². The summed E-state index contributed by atoms with van der Waals surface area (Å²) in [5.41, 5.74) is 3.06. The second-order valence-electron chi connectivity index (χ2n) is 15.9. The summed E-state index contributed by atoms with van der Waals surface area (Å²) in [6.45, 7) is 4.89. The van der Waals surface area contributed by atoms with Crippen molar-refractivity contribution in [2.75, 3.05) is 64.1 Å². The third-order valence-corrected chi connectivity index (χ3v) is 12.1. The molecule has 4 heterocycles. The maximum atomic E-state index is 13.0. The van der Waals surface area contributed by atoms with E-state index in [-0.39, 0.29) is 37.4 Å². The molecule has 0 saturated heterocycles. The quantitative estimate of drug-likeness (QED) is 0.0977. The van der Waals surface area contributed by atoms with Crippen molar-refractivity contribution in [2.45, 2.75) is 94.9 Å². The Morgan fingerprint density at radius 3 is 1.60 bits per heavy atom. The summed E-state index contributed by atoms with van der Waals surface area (Å²) < 4.78 is 11.4. The molecular formula is C44H54Cl2N10O6. The van der Waals surface area contributed by atoms with Crippen molar-refractivity contribution in [3.8, 4) is 0 Å². The Labute approximate surface area is 371 Å². The minimum absolute atomic E-state index is 0.0817. The Kier molecular flexibility index (Phi) is 15.1. The van der Waals surface area contributed by atoms with Gasteiger partial charge in [-0.25, -0.2) is 19.6 Å². The number of nitrogens with one attached hydrogen (secondary N) is 2. The van der Waals surface area contributed by atoms with Gasteiger partial charge in [0.2, 0.25) is 11.9 Å². The third kappa shape index (κ3) is 10.7. The number of fused-ring (bicyclic) bond motifs is 2. The molecule has 2 saturated carbocycles. The summed E-state index contributed by atoms with van der Waals surface area (Å²) in [5, 5.41) is 26.2. The molecule has 4 aromatic rings. The number of rotatable bonds is 13. The second-order valence-corrected chi connectivity index (χ2v) is 16.7. The van der Waals surface area contributed by atoms with E-state index in [4.69, 9.17) is 37.8 Å². The highest BCUT2D eigenvalue weighted by atomic mass is 35.5. The second kappa shape index (κ2) is 20.8. The van der Waals surface area contributed by atoms with Gasteiger partial charge < -0.3 is 30.3 Å². The lowest BCUT2D eigenvalue weighted by atomic mass is 9.93. The third-order valence-electron chi connectivity index (χ3n) is 11.5. The smallest absolute Gasteiger partial charge is 0.330 e. The van der Waals surface area contributed by atoms with Crippen LogP contribution in [0.5, 0.6) is 0 Å². The first-order valence-corrected chi connectivity index (χ1v) is 21.8. The zero-order valence-corrected chi connectivity index (χ0v) is 36.5. The molecule has 4 N–H and O–H groups in total. The van der Waals surface area contributed by atoms with Crippen molar-refractivity contribution in [3.05, 3.63) is 94.8 Å². The predicted octanol–water partition coefficient (Wildman–Crippen LogP) is 7.43. The van der Waals surface area contributed by atoms with E-state index in [1.165, 1.54) is 4.90 Å². The summed E-state index contributed by atoms with van der Waals surface area (Å²) in [4.78, 5) is 50.5. The Hall–Kier alpha value is -5.10. The van der Waals surface area contributed by atoms with Crippen molar-refractivity contribution >= 4 is 70.2 Å². The number of amides is 4. The van der Waals surface area contributed by atoms with Crippen LogP contribution in [-0.4, -0.2) is 107 Å². The van der Waals surface area contributed by atoms with Crippen LogP contribution < -0.4 is 30.2 Å². The molecule has 16 nitrogen and oxygen atoms in total. The fraction of sp³-hybridized carbons (Fsp3) is 0.455. The Morgan fingerprint density at radius 1 is 0.742 bits per heavy atom. The molecule has 4 amide bonds. The molecule has 62 heavy (non-hydrogen) atoms. The van der Waals surface area contributed by atoms with Crippen LogP contribution in [0.25, 0.3) is 0 Å². The number of aliphatic hydroxyl groups excluding tert-OH is 2.